The van der Waals surface area contributed by atoms with Gasteiger partial charge in [0.05, 0.1) is 18.0 Å². The molecule has 4 nitrogen and oxygen atoms in total. The zero-order chi connectivity index (χ0) is 16.8. The molecule has 3 rings (SSSR count). The third-order valence-corrected chi connectivity index (χ3v) is 3.80. The van der Waals surface area contributed by atoms with E-state index in [1.54, 1.807) is 10.9 Å². The second-order valence-corrected chi connectivity index (χ2v) is 5.48. The number of para-hydroxylation sites is 1. The van der Waals surface area contributed by atoms with Crippen LogP contribution in [0.25, 0.3) is 5.69 Å². The molecule has 0 spiro atoms. The SMILES string of the molecule is CCOC(=O)c1cn(-c2ccccc2)nc1CCc1ccccc1. The molecule has 0 unspecified atom stereocenters. The molecule has 0 saturated carbocycles. The Labute approximate surface area is 141 Å². The highest BCUT2D eigenvalue weighted by Gasteiger charge is 2.18. The summed E-state index contributed by atoms with van der Waals surface area (Å²) in [5, 5.41) is 4.61. The number of aryl methyl sites for hydroxylation is 2. The van der Waals surface area contributed by atoms with Crippen LogP contribution in [0.1, 0.15) is 28.5 Å². The highest BCUT2D eigenvalue weighted by molar-refractivity contribution is 5.90. The summed E-state index contributed by atoms with van der Waals surface area (Å²) in [5.41, 5.74) is 3.45. The predicted molar refractivity (Wildman–Crippen MR) is 93.4 cm³/mol. The van der Waals surface area contributed by atoms with Gasteiger partial charge in [0.2, 0.25) is 0 Å². The first-order chi connectivity index (χ1) is 11.8. The van der Waals surface area contributed by atoms with Crippen LogP contribution in [0.3, 0.4) is 0 Å². The second kappa shape index (κ2) is 7.59. The lowest BCUT2D eigenvalue weighted by Crippen LogP contribution is -2.07. The van der Waals surface area contributed by atoms with Gasteiger partial charge in [0.15, 0.2) is 0 Å². The molecule has 0 aliphatic rings. The summed E-state index contributed by atoms with van der Waals surface area (Å²) >= 11 is 0. The van der Waals surface area contributed by atoms with Gasteiger partial charge in [-0.15, -0.1) is 0 Å². The first-order valence-electron chi connectivity index (χ1n) is 8.13. The topological polar surface area (TPSA) is 44.1 Å². The van der Waals surface area contributed by atoms with Gasteiger partial charge in [-0.1, -0.05) is 48.5 Å². The third kappa shape index (κ3) is 3.71. The lowest BCUT2D eigenvalue weighted by atomic mass is 10.1. The van der Waals surface area contributed by atoms with Gasteiger partial charge in [-0.3, -0.25) is 0 Å². The Morgan fingerprint density at radius 3 is 2.33 bits per heavy atom. The monoisotopic (exact) mass is 320 g/mol. The number of aromatic nitrogens is 2. The van der Waals surface area contributed by atoms with E-state index in [-0.39, 0.29) is 5.97 Å². The van der Waals surface area contributed by atoms with E-state index in [0.29, 0.717) is 18.6 Å². The summed E-state index contributed by atoms with van der Waals surface area (Å²) in [7, 11) is 0. The standard InChI is InChI=1S/C20H20N2O2/c1-2-24-20(23)18-15-22(17-11-7-4-8-12-17)21-19(18)14-13-16-9-5-3-6-10-16/h3-12,15H,2,13-14H2,1H3. The van der Waals surface area contributed by atoms with Crippen LogP contribution in [0.5, 0.6) is 0 Å². The van der Waals surface area contributed by atoms with Crippen molar-refractivity contribution in [2.75, 3.05) is 6.61 Å². The molecule has 0 atom stereocenters. The van der Waals surface area contributed by atoms with E-state index in [4.69, 9.17) is 4.74 Å². The van der Waals surface area contributed by atoms with E-state index in [0.717, 1.165) is 17.8 Å². The van der Waals surface area contributed by atoms with Crippen molar-refractivity contribution in [2.45, 2.75) is 19.8 Å². The van der Waals surface area contributed by atoms with Gasteiger partial charge in [-0.05, 0) is 37.5 Å². The number of ether oxygens (including phenoxy) is 1. The molecule has 3 aromatic rings. The molecule has 0 aliphatic carbocycles. The molecule has 0 aliphatic heterocycles. The Kier molecular flexibility index (Phi) is 5.06. The fourth-order valence-corrected chi connectivity index (χ4v) is 2.59. The number of rotatable bonds is 6. The van der Waals surface area contributed by atoms with Crippen LogP contribution in [0.4, 0.5) is 0 Å². The molecule has 1 aromatic heterocycles. The number of esters is 1. The van der Waals surface area contributed by atoms with E-state index in [1.807, 2.05) is 55.5 Å². The molecule has 0 amide bonds. The van der Waals surface area contributed by atoms with Crippen LogP contribution >= 0.6 is 0 Å². The molecule has 24 heavy (non-hydrogen) atoms. The molecule has 0 N–H and O–H groups in total. The molecule has 122 valence electrons. The minimum Gasteiger partial charge on any atom is -0.462 e. The Morgan fingerprint density at radius 1 is 1.00 bits per heavy atom. The normalized spacial score (nSPS) is 10.5. The largest absolute Gasteiger partial charge is 0.462 e. The summed E-state index contributed by atoms with van der Waals surface area (Å²) in [6, 6.07) is 20.0. The van der Waals surface area contributed by atoms with Crippen LogP contribution in [0.2, 0.25) is 0 Å². The summed E-state index contributed by atoms with van der Waals surface area (Å²) < 4.78 is 6.92. The van der Waals surface area contributed by atoms with Gasteiger partial charge >= 0.3 is 5.97 Å². The average Bonchev–Trinajstić information content (AvgIpc) is 3.06. The van der Waals surface area contributed by atoms with Crippen molar-refractivity contribution < 1.29 is 9.53 Å². The van der Waals surface area contributed by atoms with Crippen molar-refractivity contribution in [3.8, 4) is 5.69 Å². The first kappa shape index (κ1) is 16.0. The van der Waals surface area contributed by atoms with Crippen molar-refractivity contribution >= 4 is 5.97 Å². The average molecular weight is 320 g/mol. The van der Waals surface area contributed by atoms with Gasteiger partial charge in [0, 0.05) is 6.20 Å². The van der Waals surface area contributed by atoms with Gasteiger partial charge in [0.25, 0.3) is 0 Å². The smallest absolute Gasteiger partial charge is 0.341 e. The molecule has 0 bridgehead atoms. The summed E-state index contributed by atoms with van der Waals surface area (Å²) in [5.74, 6) is -0.317. The molecular weight excluding hydrogens is 300 g/mol. The van der Waals surface area contributed by atoms with Crippen LogP contribution in [-0.2, 0) is 17.6 Å². The van der Waals surface area contributed by atoms with Crippen LogP contribution in [-0.4, -0.2) is 22.4 Å². The van der Waals surface area contributed by atoms with E-state index in [1.165, 1.54) is 5.56 Å². The minimum atomic E-state index is -0.317. The molecule has 0 fully saturated rings. The Morgan fingerprint density at radius 2 is 1.67 bits per heavy atom. The van der Waals surface area contributed by atoms with Crippen LogP contribution < -0.4 is 0 Å². The summed E-state index contributed by atoms with van der Waals surface area (Å²) in [4.78, 5) is 12.2. The summed E-state index contributed by atoms with van der Waals surface area (Å²) in [6.45, 7) is 2.16. The van der Waals surface area contributed by atoms with E-state index in [2.05, 4.69) is 17.2 Å². The number of hydrogen-bond acceptors (Lipinski definition) is 3. The van der Waals surface area contributed by atoms with Gasteiger partial charge in [-0.25, -0.2) is 9.48 Å². The first-order valence-corrected chi connectivity index (χ1v) is 8.13. The maximum atomic E-state index is 12.2. The Balaban J connectivity index is 1.87. The highest BCUT2D eigenvalue weighted by Crippen LogP contribution is 2.16. The van der Waals surface area contributed by atoms with Crippen molar-refractivity contribution in [2.24, 2.45) is 0 Å². The lowest BCUT2D eigenvalue weighted by Gasteiger charge is -2.02. The van der Waals surface area contributed by atoms with E-state index >= 15 is 0 Å². The van der Waals surface area contributed by atoms with Crippen molar-refractivity contribution in [1.29, 1.82) is 0 Å². The molecule has 4 heteroatoms. The quantitative estimate of drug-likeness (QED) is 0.648. The number of nitrogens with zero attached hydrogens (tertiary/aromatic N) is 2. The second-order valence-electron chi connectivity index (χ2n) is 5.48. The van der Waals surface area contributed by atoms with E-state index < -0.39 is 0 Å². The van der Waals surface area contributed by atoms with Crippen molar-refractivity contribution in [1.82, 2.24) is 9.78 Å². The molecule has 0 radical (unpaired) electrons. The number of carbonyl (C=O) groups excluding carboxylic acids is 1. The number of benzene rings is 2. The van der Waals surface area contributed by atoms with E-state index in [9.17, 15) is 4.79 Å². The zero-order valence-corrected chi connectivity index (χ0v) is 13.7. The lowest BCUT2D eigenvalue weighted by molar-refractivity contribution is 0.0525. The van der Waals surface area contributed by atoms with Gasteiger partial charge in [0.1, 0.15) is 5.56 Å². The third-order valence-electron chi connectivity index (χ3n) is 3.80. The molecular formula is C20H20N2O2. The Hall–Kier alpha value is -2.88. The Bertz CT molecular complexity index is 795. The fourth-order valence-electron chi connectivity index (χ4n) is 2.59. The molecule has 2 aromatic carbocycles. The van der Waals surface area contributed by atoms with Crippen molar-refractivity contribution in [3.05, 3.63) is 83.7 Å². The summed E-state index contributed by atoms with van der Waals surface area (Å²) in [6.07, 6.45) is 3.28. The molecule has 1 heterocycles. The number of carbonyl (C=O) groups is 1. The fraction of sp³-hybridized carbons (Fsp3) is 0.200. The van der Waals surface area contributed by atoms with Crippen LogP contribution in [0, 0.1) is 0 Å². The zero-order valence-electron chi connectivity index (χ0n) is 13.7. The van der Waals surface area contributed by atoms with Gasteiger partial charge in [-0.2, -0.15) is 5.10 Å². The predicted octanol–water partition coefficient (Wildman–Crippen LogP) is 3.83. The van der Waals surface area contributed by atoms with Crippen LogP contribution in [0.15, 0.2) is 66.9 Å². The maximum absolute atomic E-state index is 12.2. The number of hydrogen-bond donors (Lipinski definition) is 0. The van der Waals surface area contributed by atoms with Crippen molar-refractivity contribution in [3.63, 3.8) is 0 Å². The highest BCUT2D eigenvalue weighted by atomic mass is 16.5. The van der Waals surface area contributed by atoms with Gasteiger partial charge < -0.3 is 4.74 Å². The minimum absolute atomic E-state index is 0.317. The molecule has 0 saturated heterocycles. The maximum Gasteiger partial charge on any atom is 0.341 e.